The molecule has 2 aromatic rings. The Hall–Kier alpha value is -2.34. The van der Waals surface area contributed by atoms with E-state index in [9.17, 15) is 14.7 Å². The maximum Gasteiger partial charge on any atom is 0.351 e. The van der Waals surface area contributed by atoms with Crippen LogP contribution in [-0.2, 0) is 0 Å². The van der Waals surface area contributed by atoms with Crippen LogP contribution in [0, 0.1) is 6.92 Å². The first-order chi connectivity index (χ1) is 11.4. The molecule has 1 N–H and O–H groups in total. The zero-order valence-corrected chi connectivity index (χ0v) is 14.9. The summed E-state index contributed by atoms with van der Waals surface area (Å²) in [5, 5.41) is 9.81. The molecule has 6 heteroatoms. The maximum atomic E-state index is 12.2. The van der Waals surface area contributed by atoms with Crippen molar-refractivity contribution in [2.75, 3.05) is 6.61 Å². The molecule has 0 saturated carbocycles. The molecule has 1 aromatic heterocycles. The van der Waals surface area contributed by atoms with E-state index in [4.69, 9.17) is 9.15 Å². The van der Waals surface area contributed by atoms with Crippen LogP contribution in [0.25, 0.3) is 6.08 Å². The maximum absolute atomic E-state index is 12.2. The molecule has 1 heterocycles. The van der Waals surface area contributed by atoms with Crippen LogP contribution in [0.3, 0.4) is 0 Å². The van der Waals surface area contributed by atoms with Gasteiger partial charge in [-0.1, -0.05) is 22.9 Å². The van der Waals surface area contributed by atoms with E-state index in [1.807, 2.05) is 13.0 Å². The Morgan fingerprint density at radius 1 is 1.38 bits per heavy atom. The van der Waals surface area contributed by atoms with Crippen LogP contribution in [0.5, 0.6) is 11.5 Å². The second-order valence-corrected chi connectivity index (χ2v) is 6.05. The molecule has 126 valence electrons. The number of aryl methyl sites for hydroxylation is 1. The summed E-state index contributed by atoms with van der Waals surface area (Å²) in [7, 11) is 0. The van der Waals surface area contributed by atoms with Crippen LogP contribution in [-0.4, -0.2) is 17.5 Å². The minimum Gasteiger partial charge on any atom is -0.507 e. The van der Waals surface area contributed by atoms with E-state index in [1.165, 1.54) is 25.1 Å². The number of ketones is 1. The highest BCUT2D eigenvalue weighted by Crippen LogP contribution is 2.25. The first-order valence-corrected chi connectivity index (χ1v) is 8.20. The Kier molecular flexibility index (Phi) is 5.98. The van der Waals surface area contributed by atoms with Crippen LogP contribution < -0.4 is 10.4 Å². The van der Waals surface area contributed by atoms with Gasteiger partial charge in [0.2, 0.25) is 0 Å². The van der Waals surface area contributed by atoms with Gasteiger partial charge < -0.3 is 14.3 Å². The molecule has 0 aliphatic rings. The average molecular weight is 393 g/mol. The summed E-state index contributed by atoms with van der Waals surface area (Å²) < 4.78 is 11.3. The van der Waals surface area contributed by atoms with E-state index in [2.05, 4.69) is 15.9 Å². The van der Waals surface area contributed by atoms with Gasteiger partial charge in [0, 0.05) is 16.1 Å². The van der Waals surface area contributed by atoms with Gasteiger partial charge in [-0.05, 0) is 43.7 Å². The number of benzene rings is 1. The van der Waals surface area contributed by atoms with Crippen molar-refractivity contribution in [3.63, 3.8) is 0 Å². The lowest BCUT2D eigenvalue weighted by atomic mass is 10.1. The summed E-state index contributed by atoms with van der Waals surface area (Å²) in [6, 6.07) is 6.66. The lowest BCUT2D eigenvalue weighted by Gasteiger charge is -2.08. The third kappa shape index (κ3) is 4.35. The highest BCUT2D eigenvalue weighted by molar-refractivity contribution is 9.10. The van der Waals surface area contributed by atoms with E-state index in [0.717, 1.165) is 10.9 Å². The molecule has 0 spiro atoms. The molecule has 0 aliphatic heterocycles. The molecule has 0 atom stereocenters. The predicted molar refractivity (Wildman–Crippen MR) is 94.7 cm³/mol. The summed E-state index contributed by atoms with van der Waals surface area (Å²) >= 11 is 3.37. The monoisotopic (exact) mass is 392 g/mol. The fourth-order valence-electron chi connectivity index (χ4n) is 2.06. The van der Waals surface area contributed by atoms with Crippen molar-refractivity contribution in [1.82, 2.24) is 0 Å². The molecular weight excluding hydrogens is 376 g/mol. The molecule has 0 aliphatic carbocycles. The van der Waals surface area contributed by atoms with Crippen molar-refractivity contribution < 1.29 is 19.1 Å². The molecular formula is C18H17BrO5. The summed E-state index contributed by atoms with van der Waals surface area (Å²) in [6.07, 6.45) is 3.61. The second kappa shape index (κ2) is 7.97. The Morgan fingerprint density at radius 2 is 2.12 bits per heavy atom. The fourth-order valence-corrected chi connectivity index (χ4v) is 2.44. The summed E-state index contributed by atoms with van der Waals surface area (Å²) in [6.45, 7) is 4.07. The minimum absolute atomic E-state index is 0.236. The largest absolute Gasteiger partial charge is 0.507 e. The third-order valence-electron chi connectivity index (χ3n) is 3.15. The molecule has 0 fully saturated rings. The second-order valence-electron chi connectivity index (χ2n) is 5.13. The number of carbonyl (C=O) groups excluding carboxylic acids is 1. The van der Waals surface area contributed by atoms with E-state index >= 15 is 0 Å². The van der Waals surface area contributed by atoms with Crippen LogP contribution in [0.4, 0.5) is 0 Å². The Morgan fingerprint density at radius 3 is 2.79 bits per heavy atom. The predicted octanol–water partition coefficient (Wildman–Crippen LogP) is 4.10. The lowest BCUT2D eigenvalue weighted by molar-refractivity contribution is 0.104. The van der Waals surface area contributed by atoms with Gasteiger partial charge in [0.1, 0.15) is 22.8 Å². The van der Waals surface area contributed by atoms with E-state index < -0.39 is 17.2 Å². The first-order valence-electron chi connectivity index (χ1n) is 7.41. The zero-order chi connectivity index (χ0) is 17.7. The number of hydrogen-bond donors (Lipinski definition) is 1. The van der Waals surface area contributed by atoms with Crippen LogP contribution in [0.15, 0.2) is 44.0 Å². The van der Waals surface area contributed by atoms with Gasteiger partial charge in [-0.15, -0.1) is 0 Å². The van der Waals surface area contributed by atoms with Crippen molar-refractivity contribution >= 4 is 27.8 Å². The quantitative estimate of drug-likeness (QED) is 0.591. The van der Waals surface area contributed by atoms with Gasteiger partial charge in [-0.25, -0.2) is 4.79 Å². The molecule has 1 aromatic carbocycles. The lowest BCUT2D eigenvalue weighted by Crippen LogP contribution is -2.13. The van der Waals surface area contributed by atoms with E-state index in [-0.39, 0.29) is 11.3 Å². The molecule has 2 rings (SSSR count). The molecule has 5 nitrogen and oxygen atoms in total. The Bertz CT molecular complexity index is 836. The SMILES string of the molecule is CCCOc1ccc(Br)cc1/C=C/C(=O)c1c(O)cc(C)oc1=O. The van der Waals surface area contributed by atoms with Gasteiger partial charge in [0.05, 0.1) is 6.61 Å². The standard InChI is InChI=1S/C18H17BrO5/c1-3-8-23-16-7-5-13(19)10-12(16)4-6-14(20)17-15(21)9-11(2)24-18(17)22/h4-7,9-10,21H,3,8H2,1-2H3/b6-4+. The van der Waals surface area contributed by atoms with Crippen molar-refractivity contribution in [2.24, 2.45) is 0 Å². The number of halogens is 1. The molecule has 0 amide bonds. The highest BCUT2D eigenvalue weighted by atomic mass is 79.9. The van der Waals surface area contributed by atoms with Crippen LogP contribution in [0.1, 0.15) is 35.0 Å². The van der Waals surface area contributed by atoms with Crippen molar-refractivity contribution in [3.05, 3.63) is 62.1 Å². The van der Waals surface area contributed by atoms with Gasteiger partial charge in [-0.3, -0.25) is 4.79 Å². The normalized spacial score (nSPS) is 11.0. The van der Waals surface area contributed by atoms with E-state index in [1.54, 1.807) is 12.1 Å². The molecule has 24 heavy (non-hydrogen) atoms. The summed E-state index contributed by atoms with van der Waals surface area (Å²) in [5.41, 5.74) is -0.566. The molecule has 0 bridgehead atoms. The van der Waals surface area contributed by atoms with Crippen molar-refractivity contribution in [2.45, 2.75) is 20.3 Å². The Labute approximate surface area is 147 Å². The highest BCUT2D eigenvalue weighted by Gasteiger charge is 2.16. The number of allylic oxidation sites excluding steroid dienone is 1. The topological polar surface area (TPSA) is 76.7 Å². The van der Waals surface area contributed by atoms with Crippen LogP contribution in [0.2, 0.25) is 0 Å². The first kappa shape index (κ1) is 18.0. The smallest absolute Gasteiger partial charge is 0.351 e. The summed E-state index contributed by atoms with van der Waals surface area (Å²) in [5.74, 6) is -0.165. The van der Waals surface area contributed by atoms with Gasteiger partial charge in [0.25, 0.3) is 0 Å². The van der Waals surface area contributed by atoms with Gasteiger partial charge in [-0.2, -0.15) is 0 Å². The fraction of sp³-hybridized carbons (Fsp3) is 0.222. The number of ether oxygens (including phenoxy) is 1. The molecule has 0 radical (unpaired) electrons. The van der Waals surface area contributed by atoms with Crippen LogP contribution >= 0.6 is 15.9 Å². The van der Waals surface area contributed by atoms with Gasteiger partial charge >= 0.3 is 5.63 Å². The molecule has 0 unspecified atom stereocenters. The number of aromatic hydroxyl groups is 1. The molecule has 0 saturated heterocycles. The van der Waals surface area contributed by atoms with E-state index in [0.29, 0.717) is 17.9 Å². The summed E-state index contributed by atoms with van der Waals surface area (Å²) in [4.78, 5) is 24.0. The third-order valence-corrected chi connectivity index (χ3v) is 3.64. The minimum atomic E-state index is -0.862. The number of carbonyl (C=O) groups is 1. The zero-order valence-electron chi connectivity index (χ0n) is 13.3. The average Bonchev–Trinajstić information content (AvgIpc) is 2.51. The van der Waals surface area contributed by atoms with Crippen molar-refractivity contribution in [3.8, 4) is 11.5 Å². The Balaban J connectivity index is 2.33. The van der Waals surface area contributed by atoms with Gasteiger partial charge in [0.15, 0.2) is 5.78 Å². The number of rotatable bonds is 6. The van der Waals surface area contributed by atoms with Crippen molar-refractivity contribution in [1.29, 1.82) is 0 Å². The number of hydrogen-bond acceptors (Lipinski definition) is 5.